The normalized spacial score (nSPS) is 17.2. The van der Waals surface area contributed by atoms with Crippen LogP contribution in [0.3, 0.4) is 0 Å². The molecule has 0 spiro atoms. The monoisotopic (exact) mass is 288 g/mol. The van der Waals surface area contributed by atoms with E-state index in [9.17, 15) is 4.79 Å². The van der Waals surface area contributed by atoms with E-state index in [0.29, 0.717) is 5.92 Å². The van der Waals surface area contributed by atoms with Crippen LogP contribution in [0.4, 0.5) is 11.4 Å². The molecule has 1 aromatic carbocycles. The maximum Gasteiger partial charge on any atom is 0.230 e. The van der Waals surface area contributed by atoms with Gasteiger partial charge in [-0.25, -0.2) is 0 Å². The Bertz CT molecular complexity index is 528. The number of hydrogen-bond acceptors (Lipinski definition) is 2. The minimum atomic E-state index is -0.180. The van der Waals surface area contributed by atoms with Gasteiger partial charge in [-0.2, -0.15) is 0 Å². The van der Waals surface area contributed by atoms with Gasteiger partial charge in [0.1, 0.15) is 0 Å². The minimum Gasteiger partial charge on any atom is -0.398 e. The second-order valence-corrected chi connectivity index (χ2v) is 7.06. The van der Waals surface area contributed by atoms with Crippen molar-refractivity contribution in [1.82, 2.24) is 0 Å². The first-order valence-electron chi connectivity index (χ1n) is 8.02. The van der Waals surface area contributed by atoms with E-state index < -0.39 is 0 Å². The van der Waals surface area contributed by atoms with Crippen LogP contribution in [-0.2, 0) is 4.79 Å². The molecule has 3 N–H and O–H groups in total. The molecule has 0 unspecified atom stereocenters. The summed E-state index contributed by atoms with van der Waals surface area (Å²) in [6, 6.07) is 3.93. The van der Waals surface area contributed by atoms with Crippen molar-refractivity contribution in [3.63, 3.8) is 0 Å². The lowest BCUT2D eigenvalue weighted by atomic mass is 9.77. The topological polar surface area (TPSA) is 55.1 Å². The van der Waals surface area contributed by atoms with Gasteiger partial charge in [-0.1, -0.05) is 32.8 Å². The minimum absolute atomic E-state index is 0.180. The average Bonchev–Trinajstić information content (AvgIpc) is 2.84. The molecule has 1 amide bonds. The molecule has 1 fully saturated rings. The van der Waals surface area contributed by atoms with Crippen LogP contribution in [0.25, 0.3) is 0 Å². The summed E-state index contributed by atoms with van der Waals surface area (Å²) in [4.78, 5) is 12.9. The van der Waals surface area contributed by atoms with Gasteiger partial charge < -0.3 is 11.1 Å². The van der Waals surface area contributed by atoms with Crippen LogP contribution in [0.15, 0.2) is 12.1 Å². The van der Waals surface area contributed by atoms with Crippen molar-refractivity contribution in [1.29, 1.82) is 0 Å². The van der Waals surface area contributed by atoms with Crippen molar-refractivity contribution in [2.75, 3.05) is 11.1 Å². The molecule has 0 saturated heterocycles. The molecule has 3 nitrogen and oxygen atoms in total. The number of carbonyl (C=O) groups excluding carboxylic acids is 1. The smallest absolute Gasteiger partial charge is 0.230 e. The first kappa shape index (κ1) is 15.9. The van der Waals surface area contributed by atoms with Crippen molar-refractivity contribution in [2.24, 2.45) is 11.3 Å². The molecular weight excluding hydrogens is 260 g/mol. The van der Waals surface area contributed by atoms with E-state index in [-0.39, 0.29) is 11.3 Å². The highest BCUT2D eigenvalue weighted by molar-refractivity contribution is 5.96. The van der Waals surface area contributed by atoms with Gasteiger partial charge in [0.05, 0.1) is 0 Å². The second-order valence-electron chi connectivity index (χ2n) is 7.06. The largest absolute Gasteiger partial charge is 0.398 e. The lowest BCUT2D eigenvalue weighted by molar-refractivity contribution is -0.126. The maximum absolute atomic E-state index is 12.9. The third kappa shape index (κ3) is 3.39. The molecule has 0 atom stereocenters. The molecule has 3 heteroatoms. The Labute approximate surface area is 128 Å². The van der Waals surface area contributed by atoms with E-state index in [1.54, 1.807) is 0 Å². The van der Waals surface area contributed by atoms with Crippen LogP contribution in [0.2, 0.25) is 0 Å². The molecule has 116 valence electrons. The molecule has 0 aliphatic heterocycles. The fourth-order valence-corrected chi connectivity index (χ4v) is 3.62. The molecule has 1 aliphatic carbocycles. The molecule has 1 aliphatic rings. The zero-order chi connectivity index (χ0) is 15.6. The van der Waals surface area contributed by atoms with Crippen LogP contribution in [-0.4, -0.2) is 5.91 Å². The summed E-state index contributed by atoms with van der Waals surface area (Å²) in [7, 11) is 0. The first-order valence-corrected chi connectivity index (χ1v) is 8.02. The number of carbonyl (C=O) groups is 1. The number of amides is 1. The Balaban J connectivity index is 2.21. The average molecular weight is 288 g/mol. The van der Waals surface area contributed by atoms with Crippen LogP contribution in [0.1, 0.15) is 57.1 Å². The van der Waals surface area contributed by atoms with Crippen LogP contribution in [0, 0.1) is 25.2 Å². The van der Waals surface area contributed by atoms with Crippen LogP contribution in [0.5, 0.6) is 0 Å². The molecule has 1 aromatic rings. The molecule has 0 radical (unpaired) electrons. The van der Waals surface area contributed by atoms with Gasteiger partial charge in [0, 0.05) is 16.8 Å². The van der Waals surface area contributed by atoms with Crippen LogP contribution >= 0.6 is 0 Å². The van der Waals surface area contributed by atoms with E-state index in [1.807, 2.05) is 26.0 Å². The molecule has 2 rings (SSSR count). The molecular formula is C18H28N2O. The van der Waals surface area contributed by atoms with Gasteiger partial charge in [-0.15, -0.1) is 0 Å². The van der Waals surface area contributed by atoms with Crippen molar-refractivity contribution in [2.45, 2.75) is 59.8 Å². The molecule has 0 heterocycles. The summed E-state index contributed by atoms with van der Waals surface area (Å²) in [5.74, 6) is 0.720. The maximum atomic E-state index is 12.9. The number of nitrogens with two attached hydrogens (primary N) is 1. The zero-order valence-electron chi connectivity index (χ0n) is 13.8. The molecule has 1 saturated carbocycles. The molecule has 21 heavy (non-hydrogen) atoms. The summed E-state index contributed by atoms with van der Waals surface area (Å²) in [6.07, 6.45) is 5.32. The quantitative estimate of drug-likeness (QED) is 0.805. The highest BCUT2D eigenvalue weighted by atomic mass is 16.2. The second kappa shape index (κ2) is 6.08. The van der Waals surface area contributed by atoms with E-state index in [1.165, 1.54) is 0 Å². The van der Waals surface area contributed by atoms with Gasteiger partial charge in [0.15, 0.2) is 0 Å². The Kier molecular flexibility index (Phi) is 4.60. The van der Waals surface area contributed by atoms with E-state index in [4.69, 9.17) is 5.73 Å². The number of anilines is 2. The predicted molar refractivity (Wildman–Crippen MR) is 89.3 cm³/mol. The number of nitrogens with one attached hydrogen (secondary N) is 1. The molecule has 0 aromatic heterocycles. The zero-order valence-corrected chi connectivity index (χ0v) is 13.8. The van der Waals surface area contributed by atoms with E-state index in [2.05, 4.69) is 19.2 Å². The van der Waals surface area contributed by atoms with Gasteiger partial charge >= 0.3 is 0 Å². The summed E-state index contributed by atoms with van der Waals surface area (Å²) in [5, 5.41) is 3.15. The van der Waals surface area contributed by atoms with Crippen molar-refractivity contribution in [3.8, 4) is 0 Å². The number of benzene rings is 1. The number of nitrogen functional groups attached to an aromatic ring is 1. The number of rotatable bonds is 4. The van der Waals surface area contributed by atoms with Crippen LogP contribution < -0.4 is 11.1 Å². The standard InChI is InChI=1S/C18H28N2O/c1-12(2)11-18(7-5-6-8-18)17(21)20-16-10-15(19)13(3)9-14(16)4/h9-10,12H,5-8,11,19H2,1-4H3,(H,20,21). The number of hydrogen-bond donors (Lipinski definition) is 2. The van der Waals surface area contributed by atoms with Gasteiger partial charge in [0.2, 0.25) is 5.91 Å². The van der Waals surface area contributed by atoms with Gasteiger partial charge in [0.25, 0.3) is 0 Å². The summed E-state index contributed by atoms with van der Waals surface area (Å²) < 4.78 is 0. The summed E-state index contributed by atoms with van der Waals surface area (Å²) >= 11 is 0. The Morgan fingerprint density at radius 1 is 1.24 bits per heavy atom. The van der Waals surface area contributed by atoms with E-state index in [0.717, 1.165) is 54.6 Å². The van der Waals surface area contributed by atoms with Crippen molar-refractivity contribution in [3.05, 3.63) is 23.3 Å². The Hall–Kier alpha value is -1.51. The summed E-state index contributed by atoms with van der Waals surface area (Å²) in [6.45, 7) is 8.40. The fraction of sp³-hybridized carbons (Fsp3) is 0.611. The highest BCUT2D eigenvalue weighted by Gasteiger charge is 2.41. The Morgan fingerprint density at radius 3 is 2.43 bits per heavy atom. The van der Waals surface area contributed by atoms with Crippen molar-refractivity contribution < 1.29 is 4.79 Å². The number of aryl methyl sites for hydroxylation is 2. The third-order valence-electron chi connectivity index (χ3n) is 4.70. The lowest BCUT2D eigenvalue weighted by Crippen LogP contribution is -2.35. The van der Waals surface area contributed by atoms with E-state index >= 15 is 0 Å². The summed E-state index contributed by atoms with van der Waals surface area (Å²) in [5.41, 5.74) is 9.53. The van der Waals surface area contributed by atoms with Crippen molar-refractivity contribution >= 4 is 17.3 Å². The fourth-order valence-electron chi connectivity index (χ4n) is 3.62. The van der Waals surface area contributed by atoms with Gasteiger partial charge in [-0.3, -0.25) is 4.79 Å². The van der Waals surface area contributed by atoms with Gasteiger partial charge in [-0.05, 0) is 56.2 Å². The molecule has 0 bridgehead atoms. The predicted octanol–water partition coefficient (Wildman–Crippen LogP) is 4.43. The third-order valence-corrected chi connectivity index (χ3v) is 4.70. The SMILES string of the molecule is Cc1cc(C)c(NC(=O)C2(CC(C)C)CCCC2)cc1N. The first-order chi connectivity index (χ1) is 9.84. The highest BCUT2D eigenvalue weighted by Crippen LogP contribution is 2.44. The Morgan fingerprint density at radius 2 is 1.86 bits per heavy atom. The lowest BCUT2D eigenvalue weighted by Gasteiger charge is -2.30.